The first-order valence-electron chi connectivity index (χ1n) is 7.75. The molecule has 1 N–H and O–H groups in total. The summed E-state index contributed by atoms with van der Waals surface area (Å²) in [5, 5.41) is 13.9. The molecule has 0 atom stereocenters. The number of aryl methyl sites for hydroxylation is 1. The minimum atomic E-state index is -0.531. The van der Waals surface area contributed by atoms with E-state index in [9.17, 15) is 10.1 Å². The highest BCUT2D eigenvalue weighted by Crippen LogP contribution is 2.20. The summed E-state index contributed by atoms with van der Waals surface area (Å²) in [4.78, 5) is 16.1. The minimum Gasteiger partial charge on any atom is -0.485 e. The normalized spacial score (nSPS) is 11.0. The van der Waals surface area contributed by atoms with Crippen LogP contribution < -0.4 is 10.1 Å². The van der Waals surface area contributed by atoms with Gasteiger partial charge in [0, 0.05) is 17.7 Å². The molecule has 0 bridgehead atoms. The van der Waals surface area contributed by atoms with Gasteiger partial charge < -0.3 is 9.15 Å². The molecule has 0 aliphatic heterocycles. The van der Waals surface area contributed by atoms with E-state index < -0.39 is 5.91 Å². The minimum absolute atomic E-state index is 0.0686. The molecule has 0 aliphatic carbocycles. The first kappa shape index (κ1) is 17.5. The zero-order chi connectivity index (χ0) is 18.4. The Labute approximate surface area is 154 Å². The molecule has 3 aromatic rings. The third kappa shape index (κ3) is 4.37. The van der Waals surface area contributed by atoms with Crippen LogP contribution in [0.15, 0.2) is 58.0 Å². The quantitative estimate of drug-likeness (QED) is 0.523. The molecule has 130 valence electrons. The molecule has 7 heteroatoms. The smallest absolute Gasteiger partial charge is 0.268 e. The van der Waals surface area contributed by atoms with Crippen molar-refractivity contribution >= 4 is 28.5 Å². The molecule has 26 heavy (non-hydrogen) atoms. The van der Waals surface area contributed by atoms with Gasteiger partial charge in [-0.2, -0.15) is 5.26 Å². The lowest BCUT2D eigenvalue weighted by Gasteiger charge is -2.06. The molecular weight excluding hydrogens is 350 g/mol. The van der Waals surface area contributed by atoms with Crippen LogP contribution in [0.25, 0.3) is 6.08 Å². The van der Waals surface area contributed by atoms with Gasteiger partial charge in [-0.15, -0.1) is 11.3 Å². The Bertz CT molecular complexity index is 968. The number of carbonyl (C=O) groups is 1. The van der Waals surface area contributed by atoms with Gasteiger partial charge in [0.25, 0.3) is 5.91 Å². The number of furan rings is 1. The van der Waals surface area contributed by atoms with E-state index in [2.05, 4.69) is 10.3 Å². The maximum atomic E-state index is 12.1. The van der Waals surface area contributed by atoms with Crippen LogP contribution in [0.2, 0.25) is 0 Å². The van der Waals surface area contributed by atoms with Crippen molar-refractivity contribution in [3.63, 3.8) is 0 Å². The van der Waals surface area contributed by atoms with E-state index in [0.717, 1.165) is 11.3 Å². The number of benzene rings is 1. The second kappa shape index (κ2) is 8.14. The summed E-state index contributed by atoms with van der Waals surface area (Å²) in [7, 11) is 0. The zero-order valence-electron chi connectivity index (χ0n) is 13.9. The van der Waals surface area contributed by atoms with Gasteiger partial charge in [-0.05, 0) is 30.7 Å². The van der Waals surface area contributed by atoms with Crippen LogP contribution in [0, 0.1) is 18.3 Å². The van der Waals surface area contributed by atoms with Crippen molar-refractivity contribution in [1.82, 2.24) is 4.98 Å². The summed E-state index contributed by atoms with van der Waals surface area (Å²) in [6, 6.07) is 13.0. The van der Waals surface area contributed by atoms with Gasteiger partial charge in [0.2, 0.25) is 0 Å². The van der Waals surface area contributed by atoms with Crippen molar-refractivity contribution < 1.29 is 13.9 Å². The molecule has 0 fully saturated rings. The second-order valence-electron chi connectivity index (χ2n) is 5.32. The predicted molar refractivity (Wildman–Crippen MR) is 98.6 cm³/mol. The Morgan fingerprint density at radius 1 is 1.38 bits per heavy atom. The number of para-hydroxylation sites is 1. The van der Waals surface area contributed by atoms with Gasteiger partial charge in [-0.25, -0.2) is 4.98 Å². The molecule has 0 saturated heterocycles. The SMILES string of the molecule is Cc1ccccc1OCc1ccc(/C=C(\C#N)C(=O)Nc2nccs2)o1. The Balaban J connectivity index is 1.66. The van der Waals surface area contributed by atoms with Gasteiger partial charge in [0.15, 0.2) is 5.13 Å². The van der Waals surface area contributed by atoms with Crippen molar-refractivity contribution in [3.8, 4) is 11.8 Å². The van der Waals surface area contributed by atoms with Crippen LogP contribution in [0.4, 0.5) is 5.13 Å². The molecular formula is C19H15N3O3S. The number of hydrogen-bond acceptors (Lipinski definition) is 6. The number of carbonyl (C=O) groups excluding carboxylic acids is 1. The van der Waals surface area contributed by atoms with Crippen molar-refractivity contribution in [3.05, 3.63) is 70.6 Å². The lowest BCUT2D eigenvalue weighted by Crippen LogP contribution is -2.13. The predicted octanol–water partition coefficient (Wildman–Crippen LogP) is 4.17. The van der Waals surface area contributed by atoms with Crippen LogP contribution >= 0.6 is 11.3 Å². The lowest BCUT2D eigenvalue weighted by molar-refractivity contribution is -0.112. The number of ether oxygens (including phenoxy) is 1. The molecule has 0 aliphatic rings. The number of nitrogens with one attached hydrogen (secondary N) is 1. The van der Waals surface area contributed by atoms with Crippen LogP contribution in [0.5, 0.6) is 5.75 Å². The topological polar surface area (TPSA) is 88.1 Å². The second-order valence-corrected chi connectivity index (χ2v) is 6.21. The van der Waals surface area contributed by atoms with Crippen molar-refractivity contribution in [2.24, 2.45) is 0 Å². The number of nitrogens with zero attached hydrogens (tertiary/aromatic N) is 2. The molecule has 2 heterocycles. The summed E-state index contributed by atoms with van der Waals surface area (Å²) >= 11 is 1.28. The highest BCUT2D eigenvalue weighted by molar-refractivity contribution is 7.13. The maximum absolute atomic E-state index is 12.1. The highest BCUT2D eigenvalue weighted by Gasteiger charge is 2.12. The van der Waals surface area contributed by atoms with Gasteiger partial charge in [-0.3, -0.25) is 10.1 Å². The zero-order valence-corrected chi connectivity index (χ0v) is 14.7. The first-order chi connectivity index (χ1) is 12.7. The largest absolute Gasteiger partial charge is 0.485 e. The van der Waals surface area contributed by atoms with E-state index in [1.165, 1.54) is 17.4 Å². The Morgan fingerprint density at radius 2 is 2.23 bits per heavy atom. The Morgan fingerprint density at radius 3 is 2.96 bits per heavy atom. The molecule has 0 unspecified atom stereocenters. The number of thiazole rings is 1. The lowest BCUT2D eigenvalue weighted by atomic mass is 10.2. The van der Waals surface area contributed by atoms with E-state index in [0.29, 0.717) is 16.7 Å². The molecule has 6 nitrogen and oxygen atoms in total. The number of nitriles is 1. The van der Waals surface area contributed by atoms with Gasteiger partial charge in [0.05, 0.1) is 0 Å². The van der Waals surface area contributed by atoms with E-state index >= 15 is 0 Å². The number of hydrogen-bond donors (Lipinski definition) is 1. The molecule has 1 aromatic carbocycles. The summed E-state index contributed by atoms with van der Waals surface area (Å²) in [5.74, 6) is 1.24. The summed E-state index contributed by atoms with van der Waals surface area (Å²) in [6.45, 7) is 2.22. The van der Waals surface area contributed by atoms with Gasteiger partial charge >= 0.3 is 0 Å². The molecule has 3 rings (SSSR count). The fourth-order valence-electron chi connectivity index (χ4n) is 2.16. The average Bonchev–Trinajstić information content (AvgIpc) is 3.30. The van der Waals surface area contributed by atoms with Crippen LogP contribution in [0.1, 0.15) is 17.1 Å². The molecule has 2 aromatic heterocycles. The number of aromatic nitrogens is 1. The van der Waals surface area contributed by atoms with E-state index in [4.69, 9.17) is 9.15 Å². The standard InChI is InChI=1S/C19H15N3O3S/c1-13-4-2-3-5-17(13)24-12-16-7-6-15(25-16)10-14(11-20)18(23)22-19-21-8-9-26-19/h2-10H,12H2,1H3,(H,21,22,23)/b14-10+. The number of rotatable bonds is 6. The van der Waals surface area contributed by atoms with Gasteiger partial charge in [-0.1, -0.05) is 18.2 Å². The number of anilines is 1. The molecule has 0 radical (unpaired) electrons. The third-order valence-electron chi connectivity index (χ3n) is 3.45. The fourth-order valence-corrected chi connectivity index (χ4v) is 2.68. The third-order valence-corrected chi connectivity index (χ3v) is 4.14. The van der Waals surface area contributed by atoms with Crippen LogP contribution in [0.3, 0.4) is 0 Å². The van der Waals surface area contributed by atoms with E-state index in [-0.39, 0.29) is 12.2 Å². The van der Waals surface area contributed by atoms with Crippen molar-refractivity contribution in [1.29, 1.82) is 5.26 Å². The molecule has 0 spiro atoms. The Hall–Kier alpha value is -3.37. The van der Waals surface area contributed by atoms with E-state index in [1.54, 1.807) is 23.7 Å². The van der Waals surface area contributed by atoms with Crippen LogP contribution in [-0.4, -0.2) is 10.9 Å². The van der Waals surface area contributed by atoms with Crippen molar-refractivity contribution in [2.45, 2.75) is 13.5 Å². The first-order valence-corrected chi connectivity index (χ1v) is 8.63. The van der Waals surface area contributed by atoms with Crippen molar-refractivity contribution in [2.75, 3.05) is 5.32 Å². The highest BCUT2D eigenvalue weighted by atomic mass is 32.1. The summed E-state index contributed by atoms with van der Waals surface area (Å²) in [5.41, 5.74) is 0.964. The van der Waals surface area contributed by atoms with Gasteiger partial charge in [0.1, 0.15) is 35.5 Å². The molecule has 0 saturated carbocycles. The monoisotopic (exact) mass is 365 g/mol. The number of amides is 1. The summed E-state index contributed by atoms with van der Waals surface area (Å²) in [6.07, 6.45) is 2.96. The maximum Gasteiger partial charge on any atom is 0.268 e. The fraction of sp³-hybridized carbons (Fsp3) is 0.105. The average molecular weight is 365 g/mol. The summed E-state index contributed by atoms with van der Waals surface area (Å²) < 4.78 is 11.3. The Kier molecular flexibility index (Phi) is 5.46. The molecule has 1 amide bonds. The van der Waals surface area contributed by atoms with E-state index in [1.807, 2.05) is 37.3 Å². The van der Waals surface area contributed by atoms with Crippen LogP contribution in [-0.2, 0) is 11.4 Å².